The van der Waals surface area contributed by atoms with Gasteiger partial charge in [0.25, 0.3) is 0 Å². The first-order chi connectivity index (χ1) is 5.11. The maximum Gasteiger partial charge on any atom is 0.129 e. The van der Waals surface area contributed by atoms with E-state index in [4.69, 9.17) is 17.3 Å². The molecule has 0 aromatic heterocycles. The van der Waals surface area contributed by atoms with Crippen LogP contribution in [0.3, 0.4) is 0 Å². The van der Waals surface area contributed by atoms with Crippen molar-refractivity contribution in [2.24, 2.45) is 5.73 Å². The molecule has 0 unspecified atom stereocenters. The van der Waals surface area contributed by atoms with Crippen LogP contribution in [0.25, 0.3) is 0 Å². The molecule has 0 amide bonds. The zero-order valence-corrected chi connectivity index (χ0v) is 8.12. The summed E-state index contributed by atoms with van der Waals surface area (Å²) in [5, 5.41) is 0.395. The highest BCUT2D eigenvalue weighted by Crippen LogP contribution is 2.18. The standard InChI is InChI=1S/C8H9ClFN.ClH/c1-5(11)7-3-2-6(9)4-8(7)10;/h2-5H,11H2,1H3;1H/t5-;/m0./s1. The third kappa shape index (κ3) is 2.63. The predicted molar refractivity (Wildman–Crippen MR) is 51.3 cm³/mol. The molecule has 0 heterocycles. The van der Waals surface area contributed by atoms with E-state index >= 15 is 0 Å². The van der Waals surface area contributed by atoms with E-state index in [-0.39, 0.29) is 24.3 Å². The summed E-state index contributed by atoms with van der Waals surface area (Å²) in [5.74, 6) is -0.340. The second-order valence-corrected chi connectivity index (χ2v) is 2.89. The lowest BCUT2D eigenvalue weighted by molar-refractivity contribution is 0.594. The molecule has 0 spiro atoms. The van der Waals surface area contributed by atoms with Crippen molar-refractivity contribution in [1.29, 1.82) is 0 Å². The average Bonchev–Trinajstić information content (AvgIpc) is 1.85. The van der Waals surface area contributed by atoms with Gasteiger partial charge in [0.05, 0.1) is 0 Å². The molecule has 1 rings (SSSR count). The summed E-state index contributed by atoms with van der Waals surface area (Å²) in [7, 11) is 0. The summed E-state index contributed by atoms with van der Waals surface area (Å²) in [4.78, 5) is 0. The summed E-state index contributed by atoms with van der Waals surface area (Å²) < 4.78 is 12.9. The van der Waals surface area contributed by atoms with Crippen molar-refractivity contribution in [1.82, 2.24) is 0 Å². The van der Waals surface area contributed by atoms with Gasteiger partial charge >= 0.3 is 0 Å². The molecular weight excluding hydrogens is 200 g/mol. The van der Waals surface area contributed by atoms with Gasteiger partial charge in [-0.15, -0.1) is 12.4 Å². The van der Waals surface area contributed by atoms with E-state index in [1.165, 1.54) is 6.07 Å². The molecule has 1 aromatic carbocycles. The third-order valence-electron chi connectivity index (χ3n) is 1.45. The second kappa shape index (κ2) is 4.65. The lowest BCUT2D eigenvalue weighted by Gasteiger charge is -2.05. The molecule has 1 aromatic rings. The Kier molecular flexibility index (Phi) is 4.53. The SMILES string of the molecule is C[C@H](N)c1ccc(Cl)cc1F.Cl. The number of rotatable bonds is 1. The van der Waals surface area contributed by atoms with Crippen LogP contribution in [0, 0.1) is 5.82 Å². The minimum atomic E-state index is -0.340. The molecule has 0 fully saturated rings. The van der Waals surface area contributed by atoms with Crippen molar-refractivity contribution in [3.63, 3.8) is 0 Å². The summed E-state index contributed by atoms with van der Waals surface area (Å²) in [6.45, 7) is 1.73. The summed E-state index contributed by atoms with van der Waals surface area (Å²) in [5.41, 5.74) is 5.98. The van der Waals surface area contributed by atoms with Crippen LogP contribution in [-0.2, 0) is 0 Å². The maximum atomic E-state index is 12.9. The Morgan fingerprint density at radius 1 is 1.50 bits per heavy atom. The molecule has 0 saturated heterocycles. The van der Waals surface area contributed by atoms with Crippen molar-refractivity contribution < 1.29 is 4.39 Å². The van der Waals surface area contributed by atoms with Crippen LogP contribution in [0.5, 0.6) is 0 Å². The smallest absolute Gasteiger partial charge is 0.129 e. The van der Waals surface area contributed by atoms with Gasteiger partial charge in [-0.3, -0.25) is 0 Å². The van der Waals surface area contributed by atoms with Gasteiger partial charge in [-0.1, -0.05) is 17.7 Å². The Balaban J connectivity index is 0.00000121. The summed E-state index contributed by atoms with van der Waals surface area (Å²) in [6.07, 6.45) is 0. The molecule has 0 aliphatic heterocycles. The first kappa shape index (κ1) is 11.7. The van der Waals surface area contributed by atoms with E-state index in [1.807, 2.05) is 0 Å². The van der Waals surface area contributed by atoms with Crippen LogP contribution in [-0.4, -0.2) is 0 Å². The normalized spacial score (nSPS) is 12.0. The van der Waals surface area contributed by atoms with Gasteiger partial charge < -0.3 is 5.73 Å². The van der Waals surface area contributed by atoms with Gasteiger partial charge in [-0.2, -0.15) is 0 Å². The molecule has 0 radical (unpaired) electrons. The van der Waals surface area contributed by atoms with Crippen LogP contribution in [0.1, 0.15) is 18.5 Å². The fourth-order valence-electron chi connectivity index (χ4n) is 0.871. The fourth-order valence-corrected chi connectivity index (χ4v) is 1.03. The van der Waals surface area contributed by atoms with E-state index < -0.39 is 0 Å². The van der Waals surface area contributed by atoms with E-state index in [9.17, 15) is 4.39 Å². The molecule has 12 heavy (non-hydrogen) atoms. The Labute approximate surface area is 82.1 Å². The highest BCUT2D eigenvalue weighted by Gasteiger charge is 2.05. The molecule has 2 N–H and O–H groups in total. The van der Waals surface area contributed by atoms with Gasteiger partial charge in [-0.25, -0.2) is 4.39 Å². The van der Waals surface area contributed by atoms with Crippen LogP contribution in [0.2, 0.25) is 5.02 Å². The number of nitrogens with two attached hydrogens (primary N) is 1. The lowest BCUT2D eigenvalue weighted by Crippen LogP contribution is -2.06. The molecule has 68 valence electrons. The zero-order chi connectivity index (χ0) is 8.43. The topological polar surface area (TPSA) is 26.0 Å². The molecule has 1 nitrogen and oxygen atoms in total. The van der Waals surface area contributed by atoms with Crippen molar-refractivity contribution in [3.05, 3.63) is 34.6 Å². The van der Waals surface area contributed by atoms with E-state index in [0.29, 0.717) is 10.6 Å². The molecule has 0 aliphatic carbocycles. The quantitative estimate of drug-likeness (QED) is 0.757. The minimum absolute atomic E-state index is 0. The Morgan fingerprint density at radius 2 is 2.08 bits per heavy atom. The molecule has 4 heteroatoms. The van der Waals surface area contributed by atoms with Crippen LogP contribution >= 0.6 is 24.0 Å². The third-order valence-corrected chi connectivity index (χ3v) is 1.69. The molecule has 0 saturated carbocycles. The monoisotopic (exact) mass is 209 g/mol. The van der Waals surface area contributed by atoms with Gasteiger partial charge in [-0.05, 0) is 19.1 Å². The lowest BCUT2D eigenvalue weighted by atomic mass is 10.1. The van der Waals surface area contributed by atoms with Crippen molar-refractivity contribution in [2.75, 3.05) is 0 Å². The largest absolute Gasteiger partial charge is 0.324 e. The van der Waals surface area contributed by atoms with Crippen molar-refractivity contribution in [2.45, 2.75) is 13.0 Å². The van der Waals surface area contributed by atoms with Crippen LogP contribution in [0.4, 0.5) is 4.39 Å². The number of halogens is 3. The van der Waals surface area contributed by atoms with E-state index in [0.717, 1.165) is 0 Å². The van der Waals surface area contributed by atoms with Gasteiger partial charge in [0.15, 0.2) is 0 Å². The van der Waals surface area contributed by atoms with Crippen LogP contribution in [0.15, 0.2) is 18.2 Å². The summed E-state index contributed by atoms with van der Waals surface area (Å²) >= 11 is 5.54. The fraction of sp³-hybridized carbons (Fsp3) is 0.250. The van der Waals surface area contributed by atoms with Crippen LogP contribution < -0.4 is 5.73 Å². The second-order valence-electron chi connectivity index (χ2n) is 2.45. The minimum Gasteiger partial charge on any atom is -0.324 e. The maximum absolute atomic E-state index is 12.9. The highest BCUT2D eigenvalue weighted by atomic mass is 35.5. The zero-order valence-electron chi connectivity index (χ0n) is 6.55. The van der Waals surface area contributed by atoms with E-state index in [1.54, 1.807) is 19.1 Å². The van der Waals surface area contributed by atoms with Crippen molar-refractivity contribution >= 4 is 24.0 Å². The molecule has 0 bridgehead atoms. The summed E-state index contributed by atoms with van der Waals surface area (Å²) in [6, 6.07) is 4.21. The Morgan fingerprint density at radius 3 is 2.50 bits per heavy atom. The Bertz CT molecular complexity index is 263. The first-order valence-corrected chi connectivity index (χ1v) is 3.69. The van der Waals surface area contributed by atoms with Gasteiger partial charge in [0.2, 0.25) is 0 Å². The molecule has 0 aliphatic rings. The highest BCUT2D eigenvalue weighted by molar-refractivity contribution is 6.30. The van der Waals surface area contributed by atoms with Crippen molar-refractivity contribution in [3.8, 4) is 0 Å². The molecule has 1 atom stereocenters. The Hall–Kier alpha value is -0.310. The number of hydrogen-bond acceptors (Lipinski definition) is 1. The number of hydrogen-bond donors (Lipinski definition) is 1. The van der Waals surface area contributed by atoms with Gasteiger partial charge in [0.1, 0.15) is 5.82 Å². The average molecular weight is 210 g/mol. The number of benzene rings is 1. The van der Waals surface area contributed by atoms with E-state index in [2.05, 4.69) is 0 Å². The molecular formula is C8H10Cl2FN. The van der Waals surface area contributed by atoms with Gasteiger partial charge in [0, 0.05) is 16.6 Å². The predicted octanol–water partition coefficient (Wildman–Crippen LogP) is 2.92. The first-order valence-electron chi connectivity index (χ1n) is 3.32.